The van der Waals surface area contributed by atoms with Crippen LogP contribution in [0.5, 0.6) is 0 Å². The molecule has 152 valence electrons. The number of cyclic esters (lactones) is 1. The van der Waals surface area contributed by atoms with E-state index in [4.69, 9.17) is 4.74 Å². The first kappa shape index (κ1) is 18.9. The summed E-state index contributed by atoms with van der Waals surface area (Å²) in [6.07, 6.45) is 3.20. The predicted molar refractivity (Wildman–Crippen MR) is 117 cm³/mol. The lowest BCUT2D eigenvalue weighted by Crippen LogP contribution is -2.27. The molecule has 1 atom stereocenters. The number of carbonyl (C=O) groups excluding carboxylic acids is 2. The number of hydrogen-bond acceptors (Lipinski definition) is 5. The van der Waals surface area contributed by atoms with Crippen LogP contribution in [-0.4, -0.2) is 18.4 Å². The molecule has 0 radical (unpaired) electrons. The van der Waals surface area contributed by atoms with Crippen molar-refractivity contribution in [3.8, 4) is 0 Å². The number of ether oxygens (including phenoxy) is 1. The molecule has 1 aliphatic carbocycles. The van der Waals surface area contributed by atoms with Crippen molar-refractivity contribution in [3.63, 3.8) is 0 Å². The Morgan fingerprint density at radius 2 is 1.87 bits per heavy atom. The van der Waals surface area contributed by atoms with Gasteiger partial charge in [-0.15, -0.1) is 11.3 Å². The van der Waals surface area contributed by atoms with Gasteiger partial charge in [0.25, 0.3) is 5.91 Å². The number of aryl methyl sites for hydroxylation is 1. The van der Waals surface area contributed by atoms with Crippen molar-refractivity contribution in [3.05, 3.63) is 87.3 Å². The maximum atomic E-state index is 13.1. The highest BCUT2D eigenvalue weighted by atomic mass is 32.1. The highest BCUT2D eigenvalue weighted by Gasteiger charge is 2.33. The Kier molecular flexibility index (Phi) is 5.01. The first-order valence-corrected chi connectivity index (χ1v) is 11.1. The van der Waals surface area contributed by atoms with Crippen LogP contribution in [0.4, 0.5) is 5.00 Å². The van der Waals surface area contributed by atoms with Crippen molar-refractivity contribution in [1.82, 2.24) is 5.32 Å². The maximum Gasteiger partial charge on any atom is 0.340 e. The molecule has 1 aliphatic heterocycles. The van der Waals surface area contributed by atoms with Gasteiger partial charge in [0.05, 0.1) is 11.1 Å². The van der Waals surface area contributed by atoms with Crippen LogP contribution in [-0.2, 0) is 24.0 Å². The third-order valence-corrected chi connectivity index (χ3v) is 6.86. The highest BCUT2D eigenvalue weighted by molar-refractivity contribution is 7.16. The van der Waals surface area contributed by atoms with Crippen molar-refractivity contribution in [2.45, 2.75) is 31.9 Å². The number of rotatable bonds is 6. The van der Waals surface area contributed by atoms with E-state index in [0.717, 1.165) is 41.8 Å². The van der Waals surface area contributed by atoms with Crippen LogP contribution in [0.2, 0.25) is 0 Å². The van der Waals surface area contributed by atoms with Crippen LogP contribution >= 0.6 is 11.3 Å². The Balaban J connectivity index is 1.35. The third-order valence-electron chi connectivity index (χ3n) is 5.64. The summed E-state index contributed by atoms with van der Waals surface area (Å²) in [4.78, 5) is 26.5. The van der Waals surface area contributed by atoms with Crippen LogP contribution in [0.1, 0.15) is 54.9 Å². The fourth-order valence-corrected chi connectivity index (χ4v) is 5.48. The van der Waals surface area contributed by atoms with Crippen molar-refractivity contribution < 1.29 is 14.3 Å². The van der Waals surface area contributed by atoms with E-state index in [2.05, 4.69) is 22.8 Å². The number of carbonyl (C=O) groups is 2. The number of esters is 1. The molecule has 0 saturated heterocycles. The first-order chi connectivity index (χ1) is 14.7. The molecular weight excluding hydrogens is 396 g/mol. The standard InChI is InChI=1S/C24H22N2O3S/c27-21(25-14-13-15-7-2-1-3-8-15)20-18-11-6-12-19(18)30-23(20)26-22-16-9-4-5-10-17(16)24(28)29-22/h1-5,7-10,22,26H,6,11-14H2,(H,25,27). The molecule has 6 heteroatoms. The summed E-state index contributed by atoms with van der Waals surface area (Å²) in [5, 5.41) is 7.19. The van der Waals surface area contributed by atoms with Gasteiger partial charge in [0, 0.05) is 17.0 Å². The summed E-state index contributed by atoms with van der Waals surface area (Å²) < 4.78 is 5.54. The van der Waals surface area contributed by atoms with E-state index in [1.807, 2.05) is 36.4 Å². The fourth-order valence-electron chi connectivity index (χ4n) is 4.17. The normalized spacial score (nSPS) is 16.7. The number of benzene rings is 2. The number of amides is 1. The van der Waals surface area contributed by atoms with Crippen LogP contribution in [0.15, 0.2) is 54.6 Å². The molecule has 1 aromatic heterocycles. The molecule has 5 nitrogen and oxygen atoms in total. The molecule has 3 aromatic rings. The molecule has 2 aliphatic rings. The SMILES string of the molecule is O=C1OC(Nc2sc3c(c2C(=O)NCCc2ccccc2)CCC3)c2ccccc21. The maximum absolute atomic E-state index is 13.1. The number of thiophene rings is 1. The molecule has 0 fully saturated rings. The van der Waals surface area contributed by atoms with Gasteiger partial charge < -0.3 is 15.4 Å². The second-order valence-corrected chi connectivity index (χ2v) is 8.68. The molecule has 2 heterocycles. The Bertz CT molecular complexity index is 1110. The van der Waals surface area contributed by atoms with Crippen molar-refractivity contribution >= 4 is 28.2 Å². The fraction of sp³-hybridized carbons (Fsp3) is 0.250. The molecule has 2 aromatic carbocycles. The van der Waals surface area contributed by atoms with Gasteiger partial charge in [0.2, 0.25) is 6.23 Å². The number of anilines is 1. The second-order valence-electron chi connectivity index (χ2n) is 7.57. The van der Waals surface area contributed by atoms with E-state index in [-0.39, 0.29) is 11.9 Å². The van der Waals surface area contributed by atoms with Crippen molar-refractivity contribution in [1.29, 1.82) is 0 Å². The summed E-state index contributed by atoms with van der Waals surface area (Å²) in [7, 11) is 0. The largest absolute Gasteiger partial charge is 0.434 e. The van der Waals surface area contributed by atoms with Gasteiger partial charge in [-0.1, -0.05) is 48.5 Å². The predicted octanol–water partition coefficient (Wildman–Crippen LogP) is 4.49. The average molecular weight is 419 g/mol. The van der Waals surface area contributed by atoms with Crippen LogP contribution < -0.4 is 10.6 Å². The zero-order valence-electron chi connectivity index (χ0n) is 16.4. The molecule has 0 spiro atoms. The van der Waals surface area contributed by atoms with Gasteiger partial charge in [0.1, 0.15) is 5.00 Å². The van der Waals surface area contributed by atoms with Crippen LogP contribution in [0, 0.1) is 0 Å². The minimum Gasteiger partial charge on any atom is -0.434 e. The van der Waals surface area contributed by atoms with Crippen LogP contribution in [0.25, 0.3) is 0 Å². The van der Waals surface area contributed by atoms with E-state index in [1.165, 1.54) is 10.4 Å². The smallest absolute Gasteiger partial charge is 0.340 e. The third kappa shape index (κ3) is 3.48. The van der Waals surface area contributed by atoms with Gasteiger partial charge in [0.15, 0.2) is 0 Å². The van der Waals surface area contributed by atoms with Gasteiger partial charge in [-0.3, -0.25) is 4.79 Å². The van der Waals surface area contributed by atoms with E-state index in [9.17, 15) is 9.59 Å². The Morgan fingerprint density at radius 3 is 2.73 bits per heavy atom. The van der Waals surface area contributed by atoms with E-state index < -0.39 is 6.23 Å². The van der Waals surface area contributed by atoms with Gasteiger partial charge in [-0.05, 0) is 42.9 Å². The van der Waals surface area contributed by atoms with Crippen molar-refractivity contribution in [2.75, 3.05) is 11.9 Å². The minimum absolute atomic E-state index is 0.0644. The number of nitrogens with one attached hydrogen (secondary N) is 2. The van der Waals surface area contributed by atoms with E-state index in [0.29, 0.717) is 17.7 Å². The van der Waals surface area contributed by atoms with Gasteiger partial charge in [-0.2, -0.15) is 0 Å². The lowest BCUT2D eigenvalue weighted by molar-refractivity contribution is 0.0437. The highest BCUT2D eigenvalue weighted by Crippen LogP contribution is 2.42. The van der Waals surface area contributed by atoms with Gasteiger partial charge in [-0.25, -0.2) is 4.79 Å². The van der Waals surface area contributed by atoms with Crippen molar-refractivity contribution in [2.24, 2.45) is 0 Å². The zero-order chi connectivity index (χ0) is 20.5. The summed E-state index contributed by atoms with van der Waals surface area (Å²) >= 11 is 1.61. The molecular formula is C24H22N2O3S. The molecule has 2 N–H and O–H groups in total. The molecule has 1 unspecified atom stereocenters. The summed E-state index contributed by atoms with van der Waals surface area (Å²) in [6, 6.07) is 17.5. The average Bonchev–Trinajstić information content (AvgIpc) is 3.43. The van der Waals surface area contributed by atoms with E-state index >= 15 is 0 Å². The zero-order valence-corrected chi connectivity index (χ0v) is 17.3. The number of hydrogen-bond donors (Lipinski definition) is 2. The molecule has 1 amide bonds. The minimum atomic E-state index is -0.566. The number of fused-ring (bicyclic) bond motifs is 2. The summed E-state index contributed by atoms with van der Waals surface area (Å²) in [5.41, 5.74) is 4.43. The first-order valence-electron chi connectivity index (χ1n) is 10.2. The van der Waals surface area contributed by atoms with Gasteiger partial charge >= 0.3 is 5.97 Å². The molecule has 0 bridgehead atoms. The molecule has 30 heavy (non-hydrogen) atoms. The Labute approximate surface area is 179 Å². The Morgan fingerprint density at radius 1 is 1.07 bits per heavy atom. The topological polar surface area (TPSA) is 67.4 Å². The quantitative estimate of drug-likeness (QED) is 0.579. The van der Waals surface area contributed by atoms with Crippen LogP contribution in [0.3, 0.4) is 0 Å². The summed E-state index contributed by atoms with van der Waals surface area (Å²) in [6.45, 7) is 0.578. The lowest BCUT2D eigenvalue weighted by Gasteiger charge is -2.15. The second kappa shape index (κ2) is 7.95. The molecule has 5 rings (SSSR count). The monoisotopic (exact) mass is 418 g/mol. The molecule has 0 saturated carbocycles. The van der Waals surface area contributed by atoms with E-state index in [1.54, 1.807) is 17.4 Å². The summed E-state index contributed by atoms with van der Waals surface area (Å²) in [5.74, 6) is -0.397. The lowest BCUT2D eigenvalue weighted by atomic mass is 10.1. The Hall–Kier alpha value is -3.12.